The molecule has 3 heteroatoms. The van der Waals surface area contributed by atoms with Crippen LogP contribution in [-0.2, 0) is 4.74 Å². The lowest BCUT2D eigenvalue weighted by molar-refractivity contribution is 0.00688. The van der Waals surface area contributed by atoms with Gasteiger partial charge in [-0.05, 0) is 56.9 Å². The molecule has 0 aliphatic carbocycles. The first-order valence-electron chi connectivity index (χ1n) is 6.76. The van der Waals surface area contributed by atoms with Gasteiger partial charge in [0.15, 0.2) is 0 Å². The highest BCUT2D eigenvalue weighted by atomic mass is 19.1. The van der Waals surface area contributed by atoms with Gasteiger partial charge in [-0.1, -0.05) is 20.3 Å². The maximum Gasteiger partial charge on any atom is 0.338 e. The van der Waals surface area contributed by atoms with Gasteiger partial charge in [0.2, 0.25) is 0 Å². The maximum absolute atomic E-state index is 13.6. The van der Waals surface area contributed by atoms with Crippen LogP contribution in [0.3, 0.4) is 0 Å². The lowest BCUT2D eigenvalue weighted by Gasteiger charge is -2.20. The molecule has 0 aromatic heterocycles. The van der Waals surface area contributed by atoms with E-state index in [1.54, 1.807) is 26.8 Å². The van der Waals surface area contributed by atoms with Crippen molar-refractivity contribution in [3.8, 4) is 0 Å². The molecule has 0 saturated carbocycles. The second kappa shape index (κ2) is 6.18. The molecule has 2 nitrogen and oxygen atoms in total. The molecule has 0 saturated heterocycles. The summed E-state index contributed by atoms with van der Waals surface area (Å²) < 4.78 is 18.9. The number of halogens is 1. The Morgan fingerprint density at radius 3 is 2.47 bits per heavy atom. The molecule has 0 bridgehead atoms. The van der Waals surface area contributed by atoms with Crippen molar-refractivity contribution in [1.82, 2.24) is 0 Å². The highest BCUT2D eigenvalue weighted by Gasteiger charge is 2.19. The Morgan fingerprint density at radius 2 is 1.95 bits per heavy atom. The summed E-state index contributed by atoms with van der Waals surface area (Å²) in [6.07, 6.45) is 2.00. The predicted octanol–water partition coefficient (Wildman–Crippen LogP) is 4.68. The van der Waals surface area contributed by atoms with Gasteiger partial charge in [0.1, 0.15) is 11.4 Å². The molecule has 0 heterocycles. The van der Waals surface area contributed by atoms with Gasteiger partial charge in [0.25, 0.3) is 0 Å². The van der Waals surface area contributed by atoms with Crippen molar-refractivity contribution < 1.29 is 13.9 Å². The number of carbonyl (C=O) groups excluding carboxylic acids is 1. The van der Waals surface area contributed by atoms with Crippen LogP contribution in [0.15, 0.2) is 18.2 Å². The Labute approximate surface area is 115 Å². The molecule has 1 atom stereocenters. The van der Waals surface area contributed by atoms with E-state index in [-0.39, 0.29) is 17.3 Å². The smallest absolute Gasteiger partial charge is 0.338 e. The third-order valence-electron chi connectivity index (χ3n) is 2.85. The van der Waals surface area contributed by atoms with Gasteiger partial charge in [-0.3, -0.25) is 0 Å². The van der Waals surface area contributed by atoms with E-state index < -0.39 is 11.6 Å². The number of hydrogen-bond acceptors (Lipinski definition) is 2. The van der Waals surface area contributed by atoms with E-state index in [1.807, 2.05) is 6.92 Å². The minimum absolute atomic E-state index is 0.238. The van der Waals surface area contributed by atoms with Crippen molar-refractivity contribution in [2.45, 2.75) is 59.0 Å². The summed E-state index contributed by atoms with van der Waals surface area (Å²) in [6.45, 7) is 9.52. The quantitative estimate of drug-likeness (QED) is 0.739. The molecule has 0 radical (unpaired) electrons. The van der Waals surface area contributed by atoms with Crippen LogP contribution in [0.2, 0.25) is 0 Å². The van der Waals surface area contributed by atoms with Gasteiger partial charge in [-0.25, -0.2) is 9.18 Å². The Balaban J connectivity index is 2.99. The lowest BCUT2D eigenvalue weighted by atomic mass is 9.95. The van der Waals surface area contributed by atoms with Crippen LogP contribution < -0.4 is 0 Å². The molecule has 106 valence electrons. The van der Waals surface area contributed by atoms with E-state index in [9.17, 15) is 9.18 Å². The average molecular weight is 266 g/mol. The first-order chi connectivity index (χ1) is 8.73. The predicted molar refractivity (Wildman–Crippen MR) is 74.9 cm³/mol. The Kier molecular flexibility index (Phi) is 5.10. The topological polar surface area (TPSA) is 26.3 Å². The summed E-state index contributed by atoms with van der Waals surface area (Å²) >= 11 is 0. The molecule has 0 fully saturated rings. The van der Waals surface area contributed by atoms with Gasteiger partial charge in [0.05, 0.1) is 5.56 Å². The van der Waals surface area contributed by atoms with Crippen molar-refractivity contribution in [2.75, 3.05) is 0 Å². The number of carbonyl (C=O) groups is 1. The molecular formula is C16H23FO2. The number of esters is 1. The van der Waals surface area contributed by atoms with Crippen LogP contribution in [0.1, 0.15) is 69.3 Å². The highest BCUT2D eigenvalue weighted by molar-refractivity contribution is 5.89. The zero-order chi connectivity index (χ0) is 14.6. The van der Waals surface area contributed by atoms with Gasteiger partial charge in [0, 0.05) is 0 Å². The van der Waals surface area contributed by atoms with Crippen molar-refractivity contribution in [3.05, 3.63) is 35.1 Å². The molecular weight excluding hydrogens is 243 g/mol. The number of ether oxygens (including phenoxy) is 1. The maximum atomic E-state index is 13.6. The van der Waals surface area contributed by atoms with Crippen LogP contribution in [-0.4, -0.2) is 11.6 Å². The first-order valence-corrected chi connectivity index (χ1v) is 6.76. The Bertz CT molecular complexity index is 447. The molecule has 1 unspecified atom stereocenters. The zero-order valence-corrected chi connectivity index (χ0v) is 12.4. The van der Waals surface area contributed by atoms with E-state index in [1.165, 1.54) is 12.1 Å². The van der Waals surface area contributed by atoms with Gasteiger partial charge >= 0.3 is 5.97 Å². The van der Waals surface area contributed by atoms with Gasteiger partial charge < -0.3 is 4.74 Å². The Morgan fingerprint density at radius 1 is 1.32 bits per heavy atom. The fourth-order valence-corrected chi connectivity index (χ4v) is 1.95. The SMILES string of the molecule is CCCC(C)c1cc(F)cc(C(=O)OC(C)(C)C)c1. The van der Waals surface area contributed by atoms with Crippen LogP contribution in [0, 0.1) is 5.82 Å². The molecule has 1 aromatic rings. The zero-order valence-electron chi connectivity index (χ0n) is 12.4. The van der Waals surface area contributed by atoms with Crippen molar-refractivity contribution in [1.29, 1.82) is 0 Å². The summed E-state index contributed by atoms with van der Waals surface area (Å²) in [5.41, 5.74) is 0.564. The summed E-state index contributed by atoms with van der Waals surface area (Å²) in [6, 6.07) is 4.46. The molecule has 0 N–H and O–H groups in total. The van der Waals surface area contributed by atoms with E-state index in [0.29, 0.717) is 0 Å². The molecule has 19 heavy (non-hydrogen) atoms. The largest absolute Gasteiger partial charge is 0.456 e. The van der Waals surface area contributed by atoms with E-state index in [0.717, 1.165) is 18.4 Å². The molecule has 0 amide bonds. The van der Waals surface area contributed by atoms with E-state index in [2.05, 4.69) is 6.92 Å². The van der Waals surface area contributed by atoms with Crippen LogP contribution >= 0.6 is 0 Å². The fourth-order valence-electron chi connectivity index (χ4n) is 1.95. The first kappa shape index (κ1) is 15.7. The monoisotopic (exact) mass is 266 g/mol. The standard InChI is InChI=1S/C16H23FO2/c1-6-7-11(2)12-8-13(10-14(17)9-12)15(18)19-16(3,4)5/h8-11H,6-7H2,1-5H3. The number of hydrogen-bond donors (Lipinski definition) is 0. The molecule has 0 spiro atoms. The summed E-state index contributed by atoms with van der Waals surface area (Å²) in [5.74, 6) is -0.625. The Hall–Kier alpha value is -1.38. The van der Waals surface area contributed by atoms with Crippen molar-refractivity contribution in [2.24, 2.45) is 0 Å². The van der Waals surface area contributed by atoms with Crippen LogP contribution in [0.5, 0.6) is 0 Å². The van der Waals surface area contributed by atoms with E-state index >= 15 is 0 Å². The lowest BCUT2D eigenvalue weighted by Crippen LogP contribution is -2.24. The summed E-state index contributed by atoms with van der Waals surface area (Å²) in [4.78, 5) is 12.0. The third-order valence-corrected chi connectivity index (χ3v) is 2.85. The van der Waals surface area contributed by atoms with Crippen LogP contribution in [0.4, 0.5) is 4.39 Å². The highest BCUT2D eigenvalue weighted by Crippen LogP contribution is 2.23. The summed E-state index contributed by atoms with van der Waals surface area (Å²) in [7, 11) is 0. The van der Waals surface area contributed by atoms with Crippen molar-refractivity contribution in [3.63, 3.8) is 0 Å². The number of benzene rings is 1. The molecule has 0 aliphatic heterocycles. The normalized spacial score (nSPS) is 13.2. The van der Waals surface area contributed by atoms with Crippen molar-refractivity contribution >= 4 is 5.97 Å². The number of rotatable bonds is 4. The molecule has 1 rings (SSSR count). The molecule has 0 aliphatic rings. The van der Waals surface area contributed by atoms with Gasteiger partial charge in [-0.2, -0.15) is 0 Å². The molecule has 1 aromatic carbocycles. The average Bonchev–Trinajstić information content (AvgIpc) is 2.26. The minimum Gasteiger partial charge on any atom is -0.456 e. The third kappa shape index (κ3) is 5.01. The second-order valence-electron chi connectivity index (χ2n) is 5.96. The minimum atomic E-state index is -0.571. The fraction of sp³-hybridized carbons (Fsp3) is 0.562. The van der Waals surface area contributed by atoms with Crippen LogP contribution in [0.25, 0.3) is 0 Å². The van der Waals surface area contributed by atoms with Gasteiger partial charge in [-0.15, -0.1) is 0 Å². The second-order valence-corrected chi connectivity index (χ2v) is 5.96. The van der Waals surface area contributed by atoms with E-state index in [4.69, 9.17) is 4.74 Å². The summed E-state index contributed by atoms with van der Waals surface area (Å²) in [5, 5.41) is 0.